The summed E-state index contributed by atoms with van der Waals surface area (Å²) >= 11 is 0. The fourth-order valence-electron chi connectivity index (χ4n) is 15.1. The zero-order chi connectivity index (χ0) is 56.1. The van der Waals surface area contributed by atoms with Crippen molar-refractivity contribution in [2.24, 2.45) is 0 Å². The van der Waals surface area contributed by atoms with Crippen molar-refractivity contribution in [2.75, 3.05) is 0 Å². The van der Waals surface area contributed by atoms with Gasteiger partial charge in [0.15, 0.2) is 0 Å². The summed E-state index contributed by atoms with van der Waals surface area (Å²) in [5, 5.41) is 15.1. The summed E-state index contributed by atoms with van der Waals surface area (Å²) < 4.78 is 6.26. The van der Waals surface area contributed by atoms with Gasteiger partial charge in [-0.25, -0.2) is 0 Å². The number of fused-ring (bicyclic) bond motifs is 12. The van der Waals surface area contributed by atoms with Crippen LogP contribution in [0.2, 0.25) is 0 Å². The highest BCUT2D eigenvalue weighted by atomic mass is 16.5. The van der Waals surface area contributed by atoms with E-state index in [4.69, 9.17) is 4.74 Å². The fraction of sp³-hybridized carbons (Fsp3) is 0.122. The van der Waals surface area contributed by atoms with E-state index in [1.807, 2.05) is 0 Å². The zero-order valence-electron chi connectivity index (χ0n) is 48.1. The quantitative estimate of drug-likeness (QED) is 0.151. The van der Waals surface area contributed by atoms with Crippen molar-refractivity contribution in [1.82, 2.24) is 0 Å². The molecule has 0 amide bonds. The van der Waals surface area contributed by atoms with Gasteiger partial charge in [0.05, 0.1) is 0 Å². The molecule has 16 rings (SSSR count). The second-order valence-electron chi connectivity index (χ2n) is 25.3. The minimum absolute atomic E-state index is 0.105. The summed E-state index contributed by atoms with van der Waals surface area (Å²) in [4.78, 5) is 0. The molecule has 0 unspecified atom stereocenters. The summed E-state index contributed by atoms with van der Waals surface area (Å²) in [6, 6.07) is 94.1. The summed E-state index contributed by atoms with van der Waals surface area (Å²) in [7, 11) is 0. The molecule has 14 aromatic carbocycles. The Bertz CT molecular complexity index is 4910. The van der Waals surface area contributed by atoms with Gasteiger partial charge in [0, 0.05) is 10.8 Å². The Balaban J connectivity index is 0.842. The lowest BCUT2D eigenvalue weighted by atomic mass is 9.78. The smallest absolute Gasteiger partial charge is 0.120 e. The van der Waals surface area contributed by atoms with Crippen molar-refractivity contribution in [1.29, 1.82) is 0 Å². The third-order valence-electron chi connectivity index (χ3n) is 18.7. The molecule has 396 valence electrons. The van der Waals surface area contributed by atoms with Gasteiger partial charge in [-0.1, -0.05) is 246 Å². The van der Waals surface area contributed by atoms with Gasteiger partial charge < -0.3 is 4.74 Å². The Morgan fingerprint density at radius 3 is 0.795 bits per heavy atom. The zero-order valence-corrected chi connectivity index (χ0v) is 48.1. The largest absolute Gasteiger partial charge is 0.488 e. The fourth-order valence-corrected chi connectivity index (χ4v) is 15.1. The van der Waals surface area contributed by atoms with Crippen molar-refractivity contribution < 1.29 is 4.74 Å². The van der Waals surface area contributed by atoms with Gasteiger partial charge in [0.2, 0.25) is 0 Å². The molecule has 83 heavy (non-hydrogen) atoms. The molecule has 2 aliphatic rings. The highest BCUT2D eigenvalue weighted by molar-refractivity contribution is 6.30. The van der Waals surface area contributed by atoms with Crippen molar-refractivity contribution in [3.8, 4) is 83.6 Å². The SMILES string of the molecule is CC(C)(C)Oc1ccc(-c2c3ccccc3c(-c3ccc4c(c3)C(C)(C)c3cc(-c5c6ccccc6c(-c6c7ccccc7c(-c7ccc8c(c7)C(C)(C)c7ccccc7-8)c7ccccc67)c6ccccc56)ccc3-4)c3ccccc23)cc1. The van der Waals surface area contributed by atoms with Gasteiger partial charge in [-0.3, -0.25) is 0 Å². The van der Waals surface area contributed by atoms with Crippen molar-refractivity contribution >= 4 is 64.6 Å². The summed E-state index contributed by atoms with van der Waals surface area (Å²) in [6.45, 7) is 15.9. The maximum atomic E-state index is 6.26. The molecule has 14 aromatic rings. The Kier molecular flexibility index (Phi) is 10.7. The topological polar surface area (TPSA) is 9.23 Å². The monoisotopic (exact) mass is 1060 g/mol. The first-order valence-electron chi connectivity index (χ1n) is 29.5. The van der Waals surface area contributed by atoms with Crippen LogP contribution in [0.3, 0.4) is 0 Å². The molecule has 0 radical (unpaired) electrons. The third-order valence-corrected chi connectivity index (χ3v) is 18.7. The van der Waals surface area contributed by atoms with E-state index < -0.39 is 0 Å². The van der Waals surface area contributed by atoms with Crippen LogP contribution in [0.4, 0.5) is 0 Å². The Morgan fingerprint density at radius 1 is 0.241 bits per heavy atom. The van der Waals surface area contributed by atoms with Crippen LogP contribution >= 0.6 is 0 Å². The lowest BCUT2D eigenvalue weighted by molar-refractivity contribution is 0.131. The van der Waals surface area contributed by atoms with Crippen LogP contribution in [-0.2, 0) is 10.8 Å². The molecule has 0 atom stereocenters. The molecular formula is C82H62O. The number of benzene rings is 14. The number of rotatable bonds is 6. The van der Waals surface area contributed by atoms with E-state index >= 15 is 0 Å². The van der Waals surface area contributed by atoms with Gasteiger partial charge in [0.1, 0.15) is 11.4 Å². The molecule has 0 N–H and O–H groups in total. The van der Waals surface area contributed by atoms with E-state index in [0.717, 1.165) is 5.75 Å². The van der Waals surface area contributed by atoms with Gasteiger partial charge in [-0.15, -0.1) is 0 Å². The second kappa shape index (κ2) is 18.0. The predicted molar refractivity (Wildman–Crippen MR) is 354 cm³/mol. The lowest BCUT2D eigenvalue weighted by Gasteiger charge is -2.25. The molecule has 0 spiro atoms. The van der Waals surface area contributed by atoms with Crippen molar-refractivity contribution in [3.05, 3.63) is 271 Å². The molecule has 1 nitrogen and oxygen atoms in total. The van der Waals surface area contributed by atoms with Gasteiger partial charge in [-0.05, 0) is 216 Å². The minimum Gasteiger partial charge on any atom is -0.488 e. The highest BCUT2D eigenvalue weighted by Crippen LogP contribution is 2.56. The molecule has 0 heterocycles. The number of hydrogen-bond acceptors (Lipinski definition) is 1. The normalized spacial score (nSPS) is 13.9. The predicted octanol–water partition coefficient (Wildman–Crippen LogP) is 22.7. The first kappa shape index (κ1) is 49.3. The summed E-state index contributed by atoms with van der Waals surface area (Å²) in [5.74, 6) is 0.878. The minimum atomic E-state index is -0.275. The Labute approximate surface area is 486 Å². The van der Waals surface area contributed by atoms with Crippen LogP contribution < -0.4 is 4.74 Å². The molecule has 0 saturated heterocycles. The number of ether oxygens (including phenoxy) is 1. The maximum absolute atomic E-state index is 6.26. The second-order valence-corrected chi connectivity index (χ2v) is 25.3. The van der Waals surface area contributed by atoms with Crippen molar-refractivity contribution in [2.45, 2.75) is 64.9 Å². The van der Waals surface area contributed by atoms with E-state index in [1.54, 1.807) is 0 Å². The van der Waals surface area contributed by atoms with Crippen LogP contribution in [0.5, 0.6) is 5.75 Å². The summed E-state index contributed by atoms with van der Waals surface area (Å²) in [5.41, 5.74) is 22.7. The van der Waals surface area contributed by atoms with E-state index in [2.05, 4.69) is 297 Å². The van der Waals surface area contributed by atoms with Gasteiger partial charge >= 0.3 is 0 Å². The molecule has 0 aliphatic heterocycles. The molecule has 0 fully saturated rings. The lowest BCUT2D eigenvalue weighted by Crippen LogP contribution is -2.22. The Hall–Kier alpha value is -9.56. The average molecular weight is 1060 g/mol. The van der Waals surface area contributed by atoms with Crippen LogP contribution in [0.15, 0.2) is 249 Å². The third kappa shape index (κ3) is 7.33. The molecule has 2 aliphatic carbocycles. The molecule has 0 saturated carbocycles. The first-order chi connectivity index (χ1) is 40.3. The first-order valence-corrected chi connectivity index (χ1v) is 29.5. The van der Waals surface area contributed by atoms with E-state index in [9.17, 15) is 0 Å². The molecular weight excluding hydrogens is 1000 g/mol. The van der Waals surface area contributed by atoms with E-state index in [-0.39, 0.29) is 16.4 Å². The van der Waals surface area contributed by atoms with Crippen molar-refractivity contribution in [3.63, 3.8) is 0 Å². The van der Waals surface area contributed by atoms with Gasteiger partial charge in [0.25, 0.3) is 0 Å². The maximum Gasteiger partial charge on any atom is 0.120 e. The highest BCUT2D eigenvalue weighted by Gasteiger charge is 2.38. The molecule has 0 aromatic heterocycles. The van der Waals surface area contributed by atoms with Crippen LogP contribution in [-0.4, -0.2) is 5.60 Å². The van der Waals surface area contributed by atoms with Crippen LogP contribution in [0.25, 0.3) is 143 Å². The standard InChI is InChI=1S/C82H62O/c1-80(2,3)83-53-41-36-49(37-42-53)74-58-23-8-10-25-60(58)75(61-26-11-9-24-59(61)74)51-39-44-56-57-45-40-52(48-73(57)82(6,7)72(56)47-51)77-64-29-14-18-33-68(64)79(69-34-19-15-30-65(69)77)78-66-31-16-12-27-62(66)76(63-28-13-17-32-67(63)78)50-38-43-55-54-22-20-21-35-70(54)81(4,5)71(55)46-50/h8-48H,1-7H3. The average Bonchev–Trinajstić information content (AvgIpc) is 3.23. The number of hydrogen-bond donors (Lipinski definition) is 0. The van der Waals surface area contributed by atoms with E-state index in [0.29, 0.717) is 0 Å². The molecule has 0 bridgehead atoms. The molecule has 1 heteroatoms. The van der Waals surface area contributed by atoms with Crippen LogP contribution in [0.1, 0.15) is 70.7 Å². The van der Waals surface area contributed by atoms with Crippen LogP contribution in [0, 0.1) is 0 Å². The summed E-state index contributed by atoms with van der Waals surface area (Å²) in [6.07, 6.45) is 0. The van der Waals surface area contributed by atoms with Gasteiger partial charge in [-0.2, -0.15) is 0 Å². The van der Waals surface area contributed by atoms with E-state index in [1.165, 1.54) is 165 Å². The Morgan fingerprint density at radius 2 is 0.482 bits per heavy atom.